The SMILES string of the molecule is CCCC(=C(CCC)[SiH](C)C)c1ccccc1. The van der Waals surface area contributed by atoms with Crippen LogP contribution in [0.25, 0.3) is 5.57 Å². The molecule has 0 bridgehead atoms. The normalized spacial score (nSPS) is 12.8. The van der Waals surface area contributed by atoms with Crippen LogP contribution in [0.15, 0.2) is 35.5 Å². The quantitative estimate of drug-likeness (QED) is 0.615. The Morgan fingerprint density at radius 3 is 2.00 bits per heavy atom. The van der Waals surface area contributed by atoms with Gasteiger partial charge in [0.2, 0.25) is 0 Å². The van der Waals surface area contributed by atoms with E-state index in [1.807, 2.05) is 0 Å². The molecule has 0 atom stereocenters. The molecule has 0 aliphatic carbocycles. The van der Waals surface area contributed by atoms with Crippen LogP contribution in [-0.2, 0) is 0 Å². The van der Waals surface area contributed by atoms with E-state index in [0.717, 1.165) is 0 Å². The molecule has 0 nitrogen and oxygen atoms in total. The van der Waals surface area contributed by atoms with E-state index < -0.39 is 8.80 Å². The molecule has 0 saturated carbocycles. The Labute approximate surface area is 108 Å². The van der Waals surface area contributed by atoms with Crippen molar-refractivity contribution in [3.05, 3.63) is 41.1 Å². The van der Waals surface area contributed by atoms with Crippen LogP contribution in [0.4, 0.5) is 0 Å². The molecule has 0 N–H and O–H groups in total. The molecule has 0 aliphatic heterocycles. The summed E-state index contributed by atoms with van der Waals surface area (Å²) in [6, 6.07) is 11.0. The molecular weight excluding hydrogens is 220 g/mol. The second kappa shape index (κ2) is 7.49. The number of rotatable bonds is 6. The molecule has 0 unspecified atom stereocenters. The molecular formula is C16H26Si. The van der Waals surface area contributed by atoms with Crippen molar-refractivity contribution in [1.29, 1.82) is 0 Å². The Hall–Kier alpha value is -0.823. The minimum atomic E-state index is -0.683. The third kappa shape index (κ3) is 4.16. The first-order valence-electron chi connectivity index (χ1n) is 6.98. The molecule has 1 aromatic rings. The van der Waals surface area contributed by atoms with Crippen LogP contribution in [0.5, 0.6) is 0 Å². The fourth-order valence-corrected chi connectivity index (χ4v) is 4.31. The summed E-state index contributed by atoms with van der Waals surface area (Å²) in [7, 11) is -0.683. The van der Waals surface area contributed by atoms with Crippen LogP contribution >= 0.6 is 0 Å². The topological polar surface area (TPSA) is 0 Å². The second-order valence-electron chi connectivity index (χ2n) is 5.02. The fourth-order valence-electron chi connectivity index (χ4n) is 2.44. The fraction of sp³-hybridized carbons (Fsp3) is 0.500. The molecule has 0 fully saturated rings. The minimum Gasteiger partial charge on any atom is -0.0809 e. The summed E-state index contributed by atoms with van der Waals surface area (Å²) >= 11 is 0. The maximum Gasteiger partial charge on any atom is 0.0599 e. The third-order valence-electron chi connectivity index (χ3n) is 3.23. The Bertz CT molecular complexity index is 349. The van der Waals surface area contributed by atoms with Crippen LogP contribution in [-0.4, -0.2) is 8.80 Å². The summed E-state index contributed by atoms with van der Waals surface area (Å²) < 4.78 is 0. The smallest absolute Gasteiger partial charge is 0.0599 e. The number of benzene rings is 1. The van der Waals surface area contributed by atoms with Crippen molar-refractivity contribution in [1.82, 2.24) is 0 Å². The Balaban J connectivity index is 3.16. The highest BCUT2D eigenvalue weighted by Crippen LogP contribution is 2.27. The van der Waals surface area contributed by atoms with Gasteiger partial charge in [0.25, 0.3) is 0 Å². The molecule has 17 heavy (non-hydrogen) atoms. The highest BCUT2D eigenvalue weighted by Gasteiger charge is 2.11. The highest BCUT2D eigenvalue weighted by molar-refractivity contribution is 6.65. The van der Waals surface area contributed by atoms with Crippen molar-refractivity contribution < 1.29 is 0 Å². The zero-order chi connectivity index (χ0) is 12.7. The minimum absolute atomic E-state index is 0.683. The molecule has 1 rings (SSSR count). The van der Waals surface area contributed by atoms with Gasteiger partial charge in [-0.1, -0.05) is 75.3 Å². The zero-order valence-electron chi connectivity index (χ0n) is 11.8. The predicted octanol–water partition coefficient (Wildman–Crippen LogP) is 5.07. The maximum absolute atomic E-state index is 2.46. The lowest BCUT2D eigenvalue weighted by molar-refractivity contribution is 0.917. The lowest BCUT2D eigenvalue weighted by atomic mass is 9.99. The Morgan fingerprint density at radius 2 is 1.53 bits per heavy atom. The third-order valence-corrected chi connectivity index (χ3v) is 5.26. The summed E-state index contributed by atoms with van der Waals surface area (Å²) in [5.74, 6) is 0. The van der Waals surface area contributed by atoms with Gasteiger partial charge in [0, 0.05) is 0 Å². The van der Waals surface area contributed by atoms with E-state index >= 15 is 0 Å². The molecule has 0 aromatic heterocycles. The molecule has 0 saturated heterocycles. The van der Waals surface area contributed by atoms with Crippen LogP contribution in [0, 0.1) is 0 Å². The van der Waals surface area contributed by atoms with Crippen LogP contribution in [0.1, 0.15) is 45.1 Å². The van der Waals surface area contributed by atoms with Gasteiger partial charge in [-0.05, 0) is 24.0 Å². The van der Waals surface area contributed by atoms with Gasteiger partial charge in [0.1, 0.15) is 0 Å². The summed E-state index contributed by atoms with van der Waals surface area (Å²) in [6.07, 6.45) is 5.07. The molecule has 1 heteroatoms. The first kappa shape index (κ1) is 14.2. The number of allylic oxidation sites excluding steroid dienone is 2. The van der Waals surface area contributed by atoms with Gasteiger partial charge in [0.05, 0.1) is 8.80 Å². The molecule has 0 amide bonds. The average Bonchev–Trinajstić information content (AvgIpc) is 2.34. The first-order chi connectivity index (χ1) is 8.20. The van der Waals surface area contributed by atoms with E-state index in [0.29, 0.717) is 0 Å². The van der Waals surface area contributed by atoms with E-state index in [1.165, 1.54) is 31.2 Å². The number of hydrogen-bond donors (Lipinski definition) is 0. The Morgan fingerprint density at radius 1 is 0.941 bits per heavy atom. The van der Waals surface area contributed by atoms with E-state index in [2.05, 4.69) is 57.3 Å². The molecule has 0 aliphatic rings. The molecule has 1 aromatic carbocycles. The van der Waals surface area contributed by atoms with Crippen LogP contribution < -0.4 is 0 Å². The van der Waals surface area contributed by atoms with Gasteiger partial charge in [-0.15, -0.1) is 0 Å². The maximum atomic E-state index is 2.46. The zero-order valence-corrected chi connectivity index (χ0v) is 12.9. The van der Waals surface area contributed by atoms with Crippen molar-refractivity contribution in [3.63, 3.8) is 0 Å². The monoisotopic (exact) mass is 246 g/mol. The summed E-state index contributed by atoms with van der Waals surface area (Å²) in [5.41, 5.74) is 3.11. The molecule has 94 valence electrons. The lowest BCUT2D eigenvalue weighted by Gasteiger charge is -2.18. The lowest BCUT2D eigenvalue weighted by Crippen LogP contribution is -2.09. The van der Waals surface area contributed by atoms with E-state index in [-0.39, 0.29) is 0 Å². The van der Waals surface area contributed by atoms with E-state index in [9.17, 15) is 0 Å². The van der Waals surface area contributed by atoms with Gasteiger partial charge >= 0.3 is 0 Å². The largest absolute Gasteiger partial charge is 0.0809 e. The average molecular weight is 246 g/mol. The van der Waals surface area contributed by atoms with Gasteiger partial charge in [-0.2, -0.15) is 0 Å². The molecule has 0 radical (unpaired) electrons. The van der Waals surface area contributed by atoms with Crippen LogP contribution in [0.2, 0.25) is 13.1 Å². The highest BCUT2D eigenvalue weighted by atomic mass is 28.3. The van der Waals surface area contributed by atoms with Crippen molar-refractivity contribution in [2.75, 3.05) is 0 Å². The molecule has 0 spiro atoms. The first-order valence-corrected chi connectivity index (χ1v) is 9.86. The predicted molar refractivity (Wildman–Crippen MR) is 82.1 cm³/mol. The molecule has 0 heterocycles. The summed E-state index contributed by atoms with van der Waals surface area (Å²) in [4.78, 5) is 0. The van der Waals surface area contributed by atoms with Crippen molar-refractivity contribution in [2.45, 2.75) is 52.6 Å². The number of hydrogen-bond acceptors (Lipinski definition) is 0. The Kier molecular flexibility index (Phi) is 6.28. The van der Waals surface area contributed by atoms with Crippen molar-refractivity contribution in [2.24, 2.45) is 0 Å². The van der Waals surface area contributed by atoms with E-state index in [4.69, 9.17) is 0 Å². The second-order valence-corrected chi connectivity index (χ2v) is 8.03. The van der Waals surface area contributed by atoms with Gasteiger partial charge < -0.3 is 0 Å². The van der Waals surface area contributed by atoms with Gasteiger partial charge in [0.15, 0.2) is 0 Å². The van der Waals surface area contributed by atoms with Crippen molar-refractivity contribution in [3.8, 4) is 0 Å². The van der Waals surface area contributed by atoms with Crippen molar-refractivity contribution >= 4 is 14.4 Å². The standard InChI is InChI=1S/C16H26Si/c1-5-10-15(14-12-8-7-9-13-14)16(11-6-2)17(3)4/h7-9,12-13,17H,5-6,10-11H2,1-4H3. The summed E-state index contributed by atoms with van der Waals surface area (Å²) in [5, 5.41) is 1.79. The van der Waals surface area contributed by atoms with E-state index in [1.54, 1.807) is 10.8 Å². The van der Waals surface area contributed by atoms with Gasteiger partial charge in [-0.25, -0.2) is 0 Å². The summed E-state index contributed by atoms with van der Waals surface area (Å²) in [6.45, 7) is 9.51. The van der Waals surface area contributed by atoms with Gasteiger partial charge in [-0.3, -0.25) is 0 Å². The van der Waals surface area contributed by atoms with Crippen LogP contribution in [0.3, 0.4) is 0 Å².